The van der Waals surface area contributed by atoms with Crippen molar-refractivity contribution in [3.63, 3.8) is 0 Å². The highest BCUT2D eigenvalue weighted by Gasteiger charge is 2.37. The molecular formula is C58H44N2. The molecule has 0 amide bonds. The number of benzene rings is 9. The second-order valence-electron chi connectivity index (χ2n) is 17.8. The van der Waals surface area contributed by atoms with Gasteiger partial charge in [-0.15, -0.1) is 0 Å². The Morgan fingerprint density at radius 2 is 0.900 bits per heavy atom. The number of nitrogens with zero attached hydrogens (tertiary/aromatic N) is 2. The lowest BCUT2D eigenvalue weighted by Gasteiger charge is -2.28. The van der Waals surface area contributed by atoms with Crippen molar-refractivity contribution in [1.29, 1.82) is 0 Å². The van der Waals surface area contributed by atoms with Crippen molar-refractivity contribution >= 4 is 49.6 Å². The first kappa shape index (κ1) is 34.8. The van der Waals surface area contributed by atoms with Crippen LogP contribution in [0.25, 0.3) is 71.6 Å². The van der Waals surface area contributed by atoms with Gasteiger partial charge in [-0.1, -0.05) is 167 Å². The maximum absolute atomic E-state index is 2.54. The maximum atomic E-state index is 2.54. The lowest BCUT2D eigenvalue weighted by atomic mass is 9.82. The Labute approximate surface area is 351 Å². The van der Waals surface area contributed by atoms with Gasteiger partial charge in [0, 0.05) is 44.1 Å². The summed E-state index contributed by atoms with van der Waals surface area (Å²) in [6.45, 7) is 9.49. The van der Waals surface area contributed by atoms with Crippen LogP contribution in [0.15, 0.2) is 194 Å². The van der Waals surface area contributed by atoms with E-state index in [2.05, 4.69) is 231 Å². The van der Waals surface area contributed by atoms with Gasteiger partial charge in [0.1, 0.15) is 0 Å². The predicted octanol–water partition coefficient (Wildman–Crippen LogP) is 15.7. The SMILES string of the molecule is CC1(C)c2ccccc2-c2ccc(N(c3ccc(-c4ccccc4)cc3)c3ccc4c5cc6c(cc5n(-c5cccc7ccccc57)c4c3)C(C)(C)c3ccccc3-6)cc21. The van der Waals surface area contributed by atoms with E-state index in [1.54, 1.807) is 0 Å². The number of anilines is 3. The first-order valence-electron chi connectivity index (χ1n) is 21.2. The standard InChI is InChI=1S/C58H44N2/c1-57(2)50-22-12-10-20-44(50)46-31-29-41(33-52(46)57)59(40-27-25-38(26-28-40)37-15-6-5-7-16-37)42-30-32-47-49-35-48-45-21-11-13-23-51(45)58(3,4)53(48)36-56(49)60(55(47)34-42)54-24-14-18-39-17-8-9-19-43(39)54/h5-36H,1-4H3. The van der Waals surface area contributed by atoms with Gasteiger partial charge in [0.05, 0.1) is 16.7 Å². The minimum atomic E-state index is -0.123. The molecular weight excluding hydrogens is 725 g/mol. The molecule has 0 radical (unpaired) electrons. The summed E-state index contributed by atoms with van der Waals surface area (Å²) in [7, 11) is 0. The highest BCUT2D eigenvalue weighted by atomic mass is 15.1. The first-order valence-corrected chi connectivity index (χ1v) is 21.2. The van der Waals surface area contributed by atoms with Crippen LogP contribution in [-0.4, -0.2) is 4.57 Å². The molecule has 1 aromatic heterocycles. The first-order chi connectivity index (χ1) is 29.3. The molecule has 0 atom stereocenters. The second kappa shape index (κ2) is 12.7. The minimum absolute atomic E-state index is 0.116. The number of fused-ring (bicyclic) bond motifs is 10. The molecule has 2 aliphatic carbocycles. The average molecular weight is 769 g/mol. The van der Waals surface area contributed by atoms with E-state index in [9.17, 15) is 0 Å². The molecule has 0 bridgehead atoms. The summed E-state index contributed by atoms with van der Waals surface area (Å²) in [5.41, 5.74) is 20.0. The summed E-state index contributed by atoms with van der Waals surface area (Å²) in [6.07, 6.45) is 0. The Bertz CT molecular complexity index is 3360. The highest BCUT2D eigenvalue weighted by Crippen LogP contribution is 2.53. The van der Waals surface area contributed by atoms with Crippen molar-refractivity contribution in [1.82, 2.24) is 4.57 Å². The highest BCUT2D eigenvalue weighted by molar-refractivity contribution is 6.13. The van der Waals surface area contributed by atoms with Gasteiger partial charge < -0.3 is 9.47 Å². The van der Waals surface area contributed by atoms with E-state index >= 15 is 0 Å². The predicted molar refractivity (Wildman–Crippen MR) is 254 cm³/mol. The molecule has 10 aromatic rings. The van der Waals surface area contributed by atoms with E-state index in [0.717, 1.165) is 17.1 Å². The van der Waals surface area contributed by atoms with Crippen LogP contribution in [0.2, 0.25) is 0 Å². The molecule has 12 rings (SSSR count). The van der Waals surface area contributed by atoms with Crippen LogP contribution in [0.5, 0.6) is 0 Å². The Balaban J connectivity index is 1.12. The summed E-state index contributed by atoms with van der Waals surface area (Å²) >= 11 is 0. The van der Waals surface area contributed by atoms with Gasteiger partial charge in [-0.05, 0) is 116 Å². The lowest BCUT2D eigenvalue weighted by molar-refractivity contribution is 0.660. The smallest absolute Gasteiger partial charge is 0.0562 e. The third kappa shape index (κ3) is 4.94. The minimum Gasteiger partial charge on any atom is -0.310 e. The quantitative estimate of drug-likeness (QED) is 0.169. The average Bonchev–Trinajstić information content (AvgIpc) is 3.82. The molecule has 2 heteroatoms. The Kier molecular flexibility index (Phi) is 7.36. The van der Waals surface area contributed by atoms with E-state index in [-0.39, 0.29) is 10.8 Å². The Hall–Kier alpha value is -7.16. The van der Waals surface area contributed by atoms with E-state index in [1.165, 1.54) is 93.9 Å². The fourth-order valence-electron chi connectivity index (χ4n) is 10.7. The molecule has 1 heterocycles. The van der Waals surface area contributed by atoms with Crippen molar-refractivity contribution in [2.45, 2.75) is 38.5 Å². The zero-order valence-electron chi connectivity index (χ0n) is 34.4. The van der Waals surface area contributed by atoms with Crippen LogP contribution in [0, 0.1) is 0 Å². The topological polar surface area (TPSA) is 8.17 Å². The van der Waals surface area contributed by atoms with Crippen molar-refractivity contribution in [2.24, 2.45) is 0 Å². The molecule has 2 aliphatic rings. The largest absolute Gasteiger partial charge is 0.310 e. The molecule has 2 nitrogen and oxygen atoms in total. The molecule has 0 aliphatic heterocycles. The van der Waals surface area contributed by atoms with Crippen molar-refractivity contribution in [2.75, 3.05) is 4.90 Å². The Morgan fingerprint density at radius 3 is 1.67 bits per heavy atom. The van der Waals surface area contributed by atoms with Crippen LogP contribution in [-0.2, 0) is 10.8 Å². The Morgan fingerprint density at radius 1 is 0.350 bits per heavy atom. The monoisotopic (exact) mass is 768 g/mol. The second-order valence-corrected chi connectivity index (χ2v) is 17.8. The summed E-state index contributed by atoms with van der Waals surface area (Å²) in [5.74, 6) is 0. The van der Waals surface area contributed by atoms with Crippen molar-refractivity contribution in [3.05, 3.63) is 216 Å². The molecule has 60 heavy (non-hydrogen) atoms. The molecule has 286 valence electrons. The van der Waals surface area contributed by atoms with Crippen LogP contribution in [0.3, 0.4) is 0 Å². The zero-order valence-corrected chi connectivity index (χ0v) is 34.4. The van der Waals surface area contributed by atoms with E-state index < -0.39 is 0 Å². The third-order valence-electron chi connectivity index (χ3n) is 13.8. The maximum Gasteiger partial charge on any atom is 0.0562 e. The molecule has 0 fully saturated rings. The van der Waals surface area contributed by atoms with Gasteiger partial charge in [0.25, 0.3) is 0 Å². The van der Waals surface area contributed by atoms with E-state index in [1.807, 2.05) is 0 Å². The van der Waals surface area contributed by atoms with Crippen molar-refractivity contribution < 1.29 is 0 Å². The summed E-state index contributed by atoms with van der Waals surface area (Å²) in [5, 5.41) is 4.99. The normalized spacial score (nSPS) is 14.3. The molecule has 0 spiro atoms. The number of hydrogen-bond acceptors (Lipinski definition) is 1. The van der Waals surface area contributed by atoms with Crippen molar-refractivity contribution in [3.8, 4) is 39.1 Å². The van der Waals surface area contributed by atoms with Crippen LogP contribution < -0.4 is 4.90 Å². The van der Waals surface area contributed by atoms with Crippen LogP contribution >= 0.6 is 0 Å². The molecule has 0 saturated heterocycles. The van der Waals surface area contributed by atoms with Gasteiger partial charge in [-0.2, -0.15) is 0 Å². The summed E-state index contributed by atoms with van der Waals surface area (Å²) in [6, 6.07) is 72.3. The third-order valence-corrected chi connectivity index (χ3v) is 13.8. The fraction of sp³-hybridized carbons (Fsp3) is 0.103. The fourth-order valence-corrected chi connectivity index (χ4v) is 10.7. The van der Waals surface area contributed by atoms with Crippen LogP contribution in [0.1, 0.15) is 49.9 Å². The summed E-state index contributed by atoms with van der Waals surface area (Å²) < 4.78 is 2.54. The van der Waals surface area contributed by atoms with Gasteiger partial charge in [-0.25, -0.2) is 0 Å². The molecule has 0 N–H and O–H groups in total. The summed E-state index contributed by atoms with van der Waals surface area (Å²) in [4.78, 5) is 2.46. The molecule has 0 unspecified atom stereocenters. The number of aromatic nitrogens is 1. The number of hydrogen-bond donors (Lipinski definition) is 0. The van der Waals surface area contributed by atoms with E-state index in [0.29, 0.717) is 0 Å². The molecule has 0 saturated carbocycles. The number of rotatable bonds is 5. The molecule has 9 aromatic carbocycles. The van der Waals surface area contributed by atoms with Crippen LogP contribution in [0.4, 0.5) is 17.1 Å². The van der Waals surface area contributed by atoms with E-state index in [4.69, 9.17) is 0 Å². The van der Waals surface area contributed by atoms with Gasteiger partial charge in [0.15, 0.2) is 0 Å². The van der Waals surface area contributed by atoms with Gasteiger partial charge in [-0.3, -0.25) is 0 Å². The lowest BCUT2D eigenvalue weighted by Crippen LogP contribution is -2.16. The van der Waals surface area contributed by atoms with Gasteiger partial charge >= 0.3 is 0 Å². The zero-order chi connectivity index (χ0) is 40.3. The van der Waals surface area contributed by atoms with Gasteiger partial charge in [0.2, 0.25) is 0 Å².